The van der Waals surface area contributed by atoms with Crippen molar-refractivity contribution in [3.8, 4) is 11.5 Å². The number of fused-ring (bicyclic) bond motifs is 2. The minimum Gasteiger partial charge on any atom is -0.493 e. The van der Waals surface area contributed by atoms with Gasteiger partial charge < -0.3 is 15.2 Å². The number of para-hydroxylation sites is 1. The second-order valence-electron chi connectivity index (χ2n) is 4.59. The predicted octanol–water partition coefficient (Wildman–Crippen LogP) is 1.88. The molecule has 2 N–H and O–H groups in total. The van der Waals surface area contributed by atoms with Gasteiger partial charge in [-0.1, -0.05) is 6.07 Å². The molecule has 0 bridgehead atoms. The first-order valence-electron chi connectivity index (χ1n) is 6.09. The van der Waals surface area contributed by atoms with Gasteiger partial charge >= 0.3 is 0 Å². The van der Waals surface area contributed by atoms with Crippen molar-refractivity contribution in [1.82, 2.24) is 0 Å². The molecule has 1 aromatic rings. The van der Waals surface area contributed by atoms with Crippen LogP contribution in [-0.4, -0.2) is 19.0 Å². The van der Waals surface area contributed by atoms with Crippen molar-refractivity contribution >= 4 is 11.5 Å². The van der Waals surface area contributed by atoms with Crippen LogP contribution in [0.2, 0.25) is 0 Å². The minimum atomic E-state index is -0.213. The van der Waals surface area contributed by atoms with E-state index in [-0.39, 0.29) is 11.9 Å². The summed E-state index contributed by atoms with van der Waals surface area (Å²) in [5.74, 6) is 1.42. The fraction of sp³-hybridized carbons (Fsp3) is 0.357. The van der Waals surface area contributed by atoms with Gasteiger partial charge in [-0.2, -0.15) is 0 Å². The summed E-state index contributed by atoms with van der Waals surface area (Å²) in [5, 5.41) is 0. The number of ketones is 1. The third-order valence-corrected chi connectivity index (χ3v) is 3.53. The largest absolute Gasteiger partial charge is 0.493 e. The van der Waals surface area contributed by atoms with Crippen LogP contribution in [0, 0.1) is 0 Å². The SMILES string of the molecule is COc1cccc2c1O[C@@H]1CCCC(=O)C1=C2N. The zero-order chi connectivity index (χ0) is 12.7. The van der Waals surface area contributed by atoms with Gasteiger partial charge in [0.25, 0.3) is 0 Å². The zero-order valence-electron chi connectivity index (χ0n) is 10.2. The summed E-state index contributed by atoms with van der Waals surface area (Å²) < 4.78 is 11.2. The van der Waals surface area contributed by atoms with E-state index in [0.29, 0.717) is 29.2 Å². The van der Waals surface area contributed by atoms with Crippen molar-refractivity contribution in [3.63, 3.8) is 0 Å². The van der Waals surface area contributed by atoms with Crippen LogP contribution in [-0.2, 0) is 4.79 Å². The number of carbonyl (C=O) groups excluding carboxylic acids is 1. The monoisotopic (exact) mass is 245 g/mol. The highest BCUT2D eigenvalue weighted by molar-refractivity contribution is 6.05. The lowest BCUT2D eigenvalue weighted by Crippen LogP contribution is -2.34. The summed E-state index contributed by atoms with van der Waals surface area (Å²) in [6.45, 7) is 0. The Morgan fingerprint density at radius 2 is 2.28 bits per heavy atom. The van der Waals surface area contributed by atoms with Crippen molar-refractivity contribution in [1.29, 1.82) is 0 Å². The molecule has 0 aromatic heterocycles. The molecule has 4 nitrogen and oxygen atoms in total. The van der Waals surface area contributed by atoms with Crippen molar-refractivity contribution in [3.05, 3.63) is 29.3 Å². The minimum absolute atomic E-state index is 0.109. The Kier molecular flexibility index (Phi) is 2.51. The van der Waals surface area contributed by atoms with Crippen LogP contribution in [0.1, 0.15) is 24.8 Å². The molecule has 3 rings (SSSR count). The summed E-state index contributed by atoms with van der Waals surface area (Å²) in [4.78, 5) is 12.0. The molecule has 18 heavy (non-hydrogen) atoms. The standard InChI is InChI=1S/C14H15NO3/c1-17-11-7-2-4-8-13(15)12-9(16)5-3-6-10(12)18-14(8)11/h2,4,7,10H,3,5-6,15H2,1H3/t10-/m1/s1. The molecule has 1 aliphatic heterocycles. The molecule has 94 valence electrons. The highest BCUT2D eigenvalue weighted by Crippen LogP contribution is 2.42. The van der Waals surface area contributed by atoms with E-state index in [1.807, 2.05) is 18.2 Å². The van der Waals surface area contributed by atoms with Crippen molar-refractivity contribution in [2.24, 2.45) is 5.73 Å². The normalized spacial score (nSPS) is 22.1. The molecule has 4 heteroatoms. The number of hydrogen-bond acceptors (Lipinski definition) is 4. The van der Waals surface area contributed by atoms with Gasteiger partial charge in [-0.3, -0.25) is 4.79 Å². The van der Waals surface area contributed by atoms with Crippen LogP contribution in [0.5, 0.6) is 11.5 Å². The Labute approximate surface area is 105 Å². The molecule has 0 spiro atoms. The summed E-state index contributed by atoms with van der Waals surface area (Å²) in [5.41, 5.74) is 8.09. The number of Topliss-reactive ketones (excluding diaryl/α,β-unsaturated/α-hetero) is 1. The molecule has 1 heterocycles. The molecule has 1 aliphatic carbocycles. The number of carbonyl (C=O) groups is 1. The first kappa shape index (κ1) is 11.1. The molecule has 0 amide bonds. The Morgan fingerprint density at radius 1 is 1.44 bits per heavy atom. The number of ether oxygens (including phenoxy) is 2. The van der Waals surface area contributed by atoms with Crippen LogP contribution in [0.4, 0.5) is 0 Å². The van der Waals surface area contributed by atoms with E-state index in [0.717, 1.165) is 18.4 Å². The lowest BCUT2D eigenvalue weighted by molar-refractivity contribution is -0.117. The van der Waals surface area contributed by atoms with Crippen LogP contribution in [0.3, 0.4) is 0 Å². The second kappa shape index (κ2) is 4.05. The molecule has 0 unspecified atom stereocenters. The lowest BCUT2D eigenvalue weighted by Gasteiger charge is -2.32. The molecule has 1 atom stereocenters. The first-order valence-corrected chi connectivity index (χ1v) is 6.09. The van der Waals surface area contributed by atoms with Gasteiger partial charge in [0.2, 0.25) is 0 Å². The average Bonchev–Trinajstić information content (AvgIpc) is 2.38. The van der Waals surface area contributed by atoms with E-state index in [9.17, 15) is 4.79 Å². The van der Waals surface area contributed by atoms with Gasteiger partial charge in [-0.25, -0.2) is 0 Å². The van der Waals surface area contributed by atoms with Gasteiger partial charge in [-0.15, -0.1) is 0 Å². The van der Waals surface area contributed by atoms with Gasteiger partial charge in [0.1, 0.15) is 6.10 Å². The molecule has 0 radical (unpaired) electrons. The van der Waals surface area contributed by atoms with Crippen LogP contribution in [0.25, 0.3) is 5.70 Å². The van der Waals surface area contributed by atoms with E-state index in [1.54, 1.807) is 7.11 Å². The number of rotatable bonds is 1. The highest BCUT2D eigenvalue weighted by atomic mass is 16.5. The summed E-state index contributed by atoms with van der Waals surface area (Å²) in [6, 6.07) is 5.54. The van der Waals surface area contributed by atoms with Gasteiger partial charge in [0.15, 0.2) is 17.3 Å². The maximum atomic E-state index is 12.0. The van der Waals surface area contributed by atoms with Gasteiger partial charge in [-0.05, 0) is 25.0 Å². The molecule has 1 fully saturated rings. The van der Waals surface area contributed by atoms with Gasteiger partial charge in [0, 0.05) is 12.0 Å². The molecule has 1 aromatic carbocycles. The van der Waals surface area contributed by atoms with E-state index < -0.39 is 0 Å². The maximum absolute atomic E-state index is 12.0. The Hall–Kier alpha value is -1.97. The molecule has 1 saturated carbocycles. The second-order valence-corrected chi connectivity index (χ2v) is 4.59. The first-order chi connectivity index (χ1) is 8.72. The van der Waals surface area contributed by atoms with Crippen LogP contribution >= 0.6 is 0 Å². The summed E-state index contributed by atoms with van der Waals surface area (Å²) in [7, 11) is 1.60. The topological polar surface area (TPSA) is 61.5 Å². The average molecular weight is 245 g/mol. The van der Waals surface area contributed by atoms with Gasteiger partial charge in [0.05, 0.1) is 18.4 Å². The Morgan fingerprint density at radius 3 is 3.06 bits per heavy atom. The number of methoxy groups -OCH3 is 1. The van der Waals surface area contributed by atoms with Crippen LogP contribution in [0.15, 0.2) is 23.8 Å². The van der Waals surface area contributed by atoms with E-state index in [2.05, 4.69) is 0 Å². The fourth-order valence-corrected chi connectivity index (χ4v) is 2.65. The number of nitrogens with two attached hydrogens (primary N) is 1. The predicted molar refractivity (Wildman–Crippen MR) is 67.4 cm³/mol. The highest BCUT2D eigenvalue weighted by Gasteiger charge is 2.35. The quantitative estimate of drug-likeness (QED) is 0.820. The lowest BCUT2D eigenvalue weighted by atomic mass is 9.86. The number of hydrogen-bond donors (Lipinski definition) is 1. The molecular weight excluding hydrogens is 230 g/mol. The van der Waals surface area contributed by atoms with E-state index in [4.69, 9.17) is 15.2 Å². The smallest absolute Gasteiger partial charge is 0.171 e. The summed E-state index contributed by atoms with van der Waals surface area (Å²) >= 11 is 0. The molecule has 0 saturated heterocycles. The third-order valence-electron chi connectivity index (χ3n) is 3.53. The molecular formula is C14H15NO3. The van der Waals surface area contributed by atoms with Crippen molar-refractivity contribution in [2.75, 3.05) is 7.11 Å². The number of benzene rings is 1. The van der Waals surface area contributed by atoms with E-state index >= 15 is 0 Å². The Balaban J connectivity index is 2.19. The van der Waals surface area contributed by atoms with Crippen molar-refractivity contribution < 1.29 is 14.3 Å². The molecule has 2 aliphatic rings. The van der Waals surface area contributed by atoms with Crippen molar-refractivity contribution in [2.45, 2.75) is 25.4 Å². The third kappa shape index (κ3) is 1.49. The Bertz CT molecular complexity index is 548. The zero-order valence-corrected chi connectivity index (χ0v) is 10.2. The maximum Gasteiger partial charge on any atom is 0.171 e. The summed E-state index contributed by atoms with van der Waals surface area (Å²) in [6.07, 6.45) is 2.04. The van der Waals surface area contributed by atoms with E-state index in [1.165, 1.54) is 0 Å². The van der Waals surface area contributed by atoms with Crippen LogP contribution < -0.4 is 15.2 Å². The fourth-order valence-electron chi connectivity index (χ4n) is 2.65.